The number of fused-ring (bicyclic) bond motifs is 3. The van der Waals surface area contributed by atoms with Crippen molar-refractivity contribution in [1.82, 2.24) is 0 Å². The molecule has 1 aromatic rings. The van der Waals surface area contributed by atoms with Gasteiger partial charge in [0.2, 0.25) is 0 Å². The van der Waals surface area contributed by atoms with Crippen molar-refractivity contribution in [2.75, 3.05) is 13.7 Å². The number of thiocarbonyl (C=S) groups is 1. The Bertz CT molecular complexity index is 1190. The van der Waals surface area contributed by atoms with E-state index in [2.05, 4.69) is 34.2 Å². The first-order valence-corrected chi connectivity index (χ1v) is 12.2. The zero-order valence-electron chi connectivity index (χ0n) is 20.3. The number of isothiocyanates is 1. The van der Waals surface area contributed by atoms with Crippen LogP contribution in [0.2, 0.25) is 0 Å². The van der Waals surface area contributed by atoms with E-state index in [1.165, 1.54) is 13.4 Å². The fraction of sp³-hybridized carbons (Fsp3) is 0.577. The van der Waals surface area contributed by atoms with Gasteiger partial charge in [-0.3, -0.25) is 14.4 Å². The predicted molar refractivity (Wildman–Crippen MR) is 127 cm³/mol. The van der Waals surface area contributed by atoms with Gasteiger partial charge in [0, 0.05) is 17.9 Å². The van der Waals surface area contributed by atoms with Gasteiger partial charge < -0.3 is 18.6 Å². The highest BCUT2D eigenvalue weighted by Gasteiger charge is 2.63. The van der Waals surface area contributed by atoms with Gasteiger partial charge in [-0.1, -0.05) is 12.8 Å². The molecule has 0 aromatic carbocycles. The molecule has 10 heteroatoms. The third-order valence-electron chi connectivity index (χ3n) is 7.88. The van der Waals surface area contributed by atoms with E-state index in [0.29, 0.717) is 30.6 Å². The number of rotatable bonds is 5. The smallest absolute Gasteiger partial charge is 0.329 e. The van der Waals surface area contributed by atoms with Gasteiger partial charge >= 0.3 is 17.9 Å². The summed E-state index contributed by atoms with van der Waals surface area (Å²) in [5, 5.41) is 2.09. The number of nitrogens with zero attached hydrogens (tertiary/aromatic N) is 1. The quantitative estimate of drug-likeness (QED) is 0.192. The highest BCUT2D eigenvalue weighted by molar-refractivity contribution is 7.78. The summed E-state index contributed by atoms with van der Waals surface area (Å²) in [6.07, 6.45) is 0.963. The normalized spacial score (nSPS) is 33.0. The standard InChI is InChI=1S/C26H27NO8S/c1-4-5-18-15(7-9-33-18)19-10-16-14(24(30)35-19)6-8-26(2)17(25(31)32-3)11-20(23(29)22(16)26)34-21(28)12-27-13-36/h7,9,14,16-17,19-20,22H,6,8,10-12H2,1-3H3/t14-,16+,17+,19+,20+,22+,26+/m1/s1. The molecule has 2 aliphatic carbocycles. The van der Waals surface area contributed by atoms with Crippen LogP contribution in [0.15, 0.2) is 21.7 Å². The number of aliphatic imine (C=N–C) groups is 1. The molecule has 1 aliphatic heterocycles. The van der Waals surface area contributed by atoms with Gasteiger partial charge in [0.1, 0.15) is 12.6 Å². The SMILES string of the molecule is CC#Cc1occc1[C@@H]1C[C@@H]2[C@H]3C(=O)[C@@H](OC(=O)CN=C=S)C[C@@H](C(=O)OC)[C@]3(C)CC[C@H]2C(=O)O1. The summed E-state index contributed by atoms with van der Waals surface area (Å²) in [7, 11) is 1.29. The lowest BCUT2D eigenvalue weighted by atomic mass is 9.48. The van der Waals surface area contributed by atoms with E-state index in [4.69, 9.17) is 18.6 Å². The molecule has 2 heterocycles. The topological polar surface area (TPSA) is 121 Å². The molecule has 0 amide bonds. The number of furan rings is 1. The van der Waals surface area contributed by atoms with Gasteiger partial charge in [-0.05, 0) is 61.7 Å². The van der Waals surface area contributed by atoms with Gasteiger partial charge in [-0.15, -0.1) is 0 Å². The number of hydrogen-bond donors (Lipinski definition) is 0. The van der Waals surface area contributed by atoms with Crippen LogP contribution >= 0.6 is 12.2 Å². The Balaban J connectivity index is 1.71. The number of ketones is 1. The lowest BCUT2D eigenvalue weighted by Gasteiger charge is -2.56. The molecule has 190 valence electrons. The molecule has 1 saturated heterocycles. The molecule has 9 nitrogen and oxygen atoms in total. The largest absolute Gasteiger partial charge is 0.469 e. The molecule has 36 heavy (non-hydrogen) atoms. The fourth-order valence-electron chi connectivity index (χ4n) is 6.28. The minimum atomic E-state index is -1.16. The number of Topliss-reactive ketones (excluding diaryl/α,β-unsaturated/α-hetero) is 1. The molecule has 1 aromatic heterocycles. The van der Waals surface area contributed by atoms with Crippen LogP contribution in [-0.4, -0.2) is 48.6 Å². The van der Waals surface area contributed by atoms with Crippen molar-refractivity contribution in [3.63, 3.8) is 0 Å². The highest BCUT2D eigenvalue weighted by Crippen LogP contribution is 2.59. The molecule has 0 radical (unpaired) electrons. The number of carbonyl (C=O) groups is 4. The van der Waals surface area contributed by atoms with Gasteiger partial charge in [-0.25, -0.2) is 9.79 Å². The maximum absolute atomic E-state index is 13.9. The summed E-state index contributed by atoms with van der Waals surface area (Å²) in [6, 6.07) is 1.71. The second-order valence-corrected chi connectivity index (χ2v) is 9.82. The second-order valence-electron chi connectivity index (χ2n) is 9.63. The van der Waals surface area contributed by atoms with Crippen LogP contribution in [0.4, 0.5) is 0 Å². The van der Waals surface area contributed by atoms with Gasteiger partial charge in [0.25, 0.3) is 0 Å². The fourth-order valence-corrected chi connectivity index (χ4v) is 6.35. The van der Waals surface area contributed by atoms with Crippen LogP contribution in [0, 0.1) is 40.9 Å². The average molecular weight is 514 g/mol. The van der Waals surface area contributed by atoms with Crippen LogP contribution in [0.5, 0.6) is 0 Å². The molecule has 3 aliphatic rings. The lowest BCUT2D eigenvalue weighted by Crippen LogP contribution is -2.61. The molecular formula is C26H27NO8S. The Kier molecular flexibility index (Phi) is 7.43. The van der Waals surface area contributed by atoms with E-state index in [9.17, 15) is 19.2 Å². The van der Waals surface area contributed by atoms with Gasteiger partial charge in [0.15, 0.2) is 17.6 Å². The molecule has 0 bridgehead atoms. The molecule has 7 atom stereocenters. The molecule has 0 spiro atoms. The monoisotopic (exact) mass is 513 g/mol. The van der Waals surface area contributed by atoms with Crippen molar-refractivity contribution in [3.05, 3.63) is 23.7 Å². The van der Waals surface area contributed by atoms with E-state index in [1.807, 2.05) is 6.92 Å². The summed E-state index contributed by atoms with van der Waals surface area (Å²) in [5.74, 6) is 1.80. The average Bonchev–Trinajstić information content (AvgIpc) is 3.32. The van der Waals surface area contributed by atoms with Crippen molar-refractivity contribution in [1.29, 1.82) is 0 Å². The number of ether oxygens (including phenoxy) is 3. The maximum atomic E-state index is 13.9. The Morgan fingerprint density at radius 3 is 2.78 bits per heavy atom. The number of methoxy groups -OCH3 is 1. The lowest BCUT2D eigenvalue weighted by molar-refractivity contribution is -0.194. The summed E-state index contributed by atoms with van der Waals surface area (Å²) < 4.78 is 21.8. The molecule has 4 rings (SSSR count). The summed E-state index contributed by atoms with van der Waals surface area (Å²) in [4.78, 5) is 55.7. The summed E-state index contributed by atoms with van der Waals surface area (Å²) >= 11 is 4.49. The Morgan fingerprint density at radius 1 is 1.31 bits per heavy atom. The molecule has 0 N–H and O–H groups in total. The van der Waals surface area contributed by atoms with Crippen LogP contribution in [0.1, 0.15) is 57.0 Å². The van der Waals surface area contributed by atoms with E-state index in [-0.39, 0.29) is 18.7 Å². The van der Waals surface area contributed by atoms with Crippen molar-refractivity contribution in [3.8, 4) is 11.8 Å². The maximum Gasteiger partial charge on any atom is 0.329 e. The third-order valence-corrected chi connectivity index (χ3v) is 8.01. The second kappa shape index (κ2) is 10.4. The zero-order chi connectivity index (χ0) is 26.0. The molecule has 0 unspecified atom stereocenters. The van der Waals surface area contributed by atoms with E-state index in [1.54, 1.807) is 13.0 Å². The van der Waals surface area contributed by atoms with Crippen LogP contribution in [-0.2, 0) is 33.4 Å². The third kappa shape index (κ3) is 4.49. The van der Waals surface area contributed by atoms with Gasteiger partial charge in [-0.2, -0.15) is 0 Å². The molecule has 3 fully saturated rings. The van der Waals surface area contributed by atoms with Crippen molar-refractivity contribution < 1.29 is 37.8 Å². The number of cyclic esters (lactones) is 1. The number of hydrogen-bond acceptors (Lipinski definition) is 10. The van der Waals surface area contributed by atoms with Crippen molar-refractivity contribution in [2.45, 2.75) is 51.7 Å². The van der Waals surface area contributed by atoms with E-state index >= 15 is 0 Å². The van der Waals surface area contributed by atoms with E-state index < -0.39 is 59.2 Å². The first-order valence-electron chi connectivity index (χ1n) is 11.8. The van der Waals surface area contributed by atoms with Crippen molar-refractivity contribution >= 4 is 41.1 Å². The van der Waals surface area contributed by atoms with Crippen LogP contribution in [0.25, 0.3) is 0 Å². The minimum absolute atomic E-state index is 0.00871. The van der Waals surface area contributed by atoms with Gasteiger partial charge in [0.05, 0.1) is 30.4 Å². The van der Waals surface area contributed by atoms with E-state index in [0.717, 1.165) is 0 Å². The van der Waals surface area contributed by atoms with Crippen LogP contribution < -0.4 is 0 Å². The predicted octanol–water partition coefficient (Wildman–Crippen LogP) is 3.06. The molecule has 2 saturated carbocycles. The number of esters is 3. The highest BCUT2D eigenvalue weighted by atomic mass is 32.1. The van der Waals surface area contributed by atoms with Crippen LogP contribution in [0.3, 0.4) is 0 Å². The summed E-state index contributed by atoms with van der Waals surface area (Å²) in [5.41, 5.74) is -0.136. The number of carbonyl (C=O) groups excluding carboxylic acids is 4. The zero-order valence-corrected chi connectivity index (χ0v) is 21.1. The molecular weight excluding hydrogens is 486 g/mol. The van der Waals surface area contributed by atoms with Crippen molar-refractivity contribution in [2.24, 2.45) is 34.1 Å². The minimum Gasteiger partial charge on any atom is -0.469 e. The first kappa shape index (κ1) is 25.8. The first-order chi connectivity index (χ1) is 17.2. The Morgan fingerprint density at radius 2 is 2.08 bits per heavy atom. The Labute approximate surface area is 213 Å². The summed E-state index contributed by atoms with van der Waals surface area (Å²) in [6.45, 7) is 3.19. The Hall–Kier alpha value is -3.28.